The van der Waals surface area contributed by atoms with Gasteiger partial charge >= 0.3 is 0 Å². The van der Waals surface area contributed by atoms with Gasteiger partial charge in [0.25, 0.3) is 0 Å². The molecule has 2 nitrogen and oxygen atoms in total. The molecule has 110 valence electrons. The number of anilines is 1. The fraction of sp³-hybridized carbons (Fsp3) is 0.278. The fourth-order valence-corrected chi connectivity index (χ4v) is 2.40. The van der Waals surface area contributed by atoms with Gasteiger partial charge in [0.15, 0.2) is 0 Å². The molecule has 21 heavy (non-hydrogen) atoms. The van der Waals surface area contributed by atoms with Crippen molar-refractivity contribution in [3.8, 4) is 0 Å². The summed E-state index contributed by atoms with van der Waals surface area (Å²) in [5.41, 5.74) is 1.89. The molecule has 0 radical (unpaired) electrons. The number of rotatable bonds is 5. The number of halogens is 1. The van der Waals surface area contributed by atoms with E-state index in [2.05, 4.69) is 0 Å². The predicted molar refractivity (Wildman–Crippen MR) is 83.9 cm³/mol. The first-order chi connectivity index (χ1) is 10.1. The maximum absolute atomic E-state index is 13.0. The standard InChI is InChI=1S/C18H20FNO/c1-3-20(17-11-9-16(19)10-12-17)18(21)13-14(2)15-7-5-4-6-8-15/h4-12,14H,3,13H2,1-2H3. The molecule has 0 saturated heterocycles. The molecule has 0 aromatic heterocycles. The van der Waals surface area contributed by atoms with Gasteiger partial charge in [-0.05, 0) is 42.7 Å². The van der Waals surface area contributed by atoms with E-state index in [1.165, 1.54) is 12.1 Å². The Labute approximate surface area is 125 Å². The van der Waals surface area contributed by atoms with E-state index in [-0.39, 0.29) is 17.6 Å². The maximum Gasteiger partial charge on any atom is 0.227 e. The van der Waals surface area contributed by atoms with E-state index in [0.29, 0.717) is 13.0 Å². The number of carbonyl (C=O) groups excluding carboxylic acids is 1. The van der Waals surface area contributed by atoms with Crippen molar-refractivity contribution >= 4 is 11.6 Å². The van der Waals surface area contributed by atoms with Crippen LogP contribution in [0.1, 0.15) is 31.7 Å². The van der Waals surface area contributed by atoms with Gasteiger partial charge < -0.3 is 4.90 Å². The van der Waals surface area contributed by atoms with Gasteiger partial charge in [-0.1, -0.05) is 37.3 Å². The molecule has 0 aliphatic rings. The second-order valence-corrected chi connectivity index (χ2v) is 5.13. The highest BCUT2D eigenvalue weighted by Gasteiger charge is 2.17. The monoisotopic (exact) mass is 285 g/mol. The van der Waals surface area contributed by atoms with Crippen molar-refractivity contribution in [2.24, 2.45) is 0 Å². The van der Waals surface area contributed by atoms with Crippen molar-refractivity contribution in [2.75, 3.05) is 11.4 Å². The summed E-state index contributed by atoms with van der Waals surface area (Å²) >= 11 is 0. The highest BCUT2D eigenvalue weighted by molar-refractivity contribution is 5.93. The average molecular weight is 285 g/mol. The normalized spacial score (nSPS) is 12.0. The maximum atomic E-state index is 13.0. The van der Waals surface area contributed by atoms with Crippen LogP contribution in [0.25, 0.3) is 0 Å². The van der Waals surface area contributed by atoms with Crippen LogP contribution >= 0.6 is 0 Å². The number of amides is 1. The minimum Gasteiger partial charge on any atom is -0.313 e. The van der Waals surface area contributed by atoms with Gasteiger partial charge in [-0.3, -0.25) is 4.79 Å². The van der Waals surface area contributed by atoms with Crippen LogP contribution in [0.3, 0.4) is 0 Å². The van der Waals surface area contributed by atoms with E-state index in [4.69, 9.17) is 0 Å². The fourth-order valence-electron chi connectivity index (χ4n) is 2.40. The van der Waals surface area contributed by atoms with Crippen molar-refractivity contribution in [3.05, 3.63) is 66.0 Å². The molecule has 0 N–H and O–H groups in total. The second kappa shape index (κ2) is 7.02. The number of hydrogen-bond donors (Lipinski definition) is 0. The summed E-state index contributed by atoms with van der Waals surface area (Å²) in [5.74, 6) is -0.0754. The van der Waals surface area contributed by atoms with Crippen LogP contribution < -0.4 is 4.90 Å². The molecule has 3 heteroatoms. The molecule has 0 aliphatic heterocycles. The predicted octanol–water partition coefficient (Wildman–Crippen LogP) is 4.37. The van der Waals surface area contributed by atoms with Gasteiger partial charge in [0.2, 0.25) is 5.91 Å². The van der Waals surface area contributed by atoms with Gasteiger partial charge in [-0.25, -0.2) is 4.39 Å². The van der Waals surface area contributed by atoms with Crippen LogP contribution in [0.2, 0.25) is 0 Å². The Hall–Kier alpha value is -2.16. The van der Waals surface area contributed by atoms with Crippen molar-refractivity contribution in [3.63, 3.8) is 0 Å². The topological polar surface area (TPSA) is 20.3 Å². The molecule has 2 aromatic rings. The summed E-state index contributed by atoms with van der Waals surface area (Å²) in [6.45, 7) is 4.55. The third kappa shape index (κ3) is 3.91. The Morgan fingerprint density at radius 1 is 1.10 bits per heavy atom. The molecule has 2 aromatic carbocycles. The third-order valence-corrected chi connectivity index (χ3v) is 3.60. The Bertz CT molecular complexity index is 580. The first-order valence-electron chi connectivity index (χ1n) is 7.22. The summed E-state index contributed by atoms with van der Waals surface area (Å²) in [6, 6.07) is 16.0. The van der Waals surface area contributed by atoms with Crippen LogP contribution in [0.4, 0.5) is 10.1 Å². The summed E-state index contributed by atoms with van der Waals surface area (Å²) < 4.78 is 13.0. The smallest absolute Gasteiger partial charge is 0.227 e. The molecule has 0 saturated carbocycles. The van der Waals surface area contributed by atoms with Gasteiger partial charge in [0.1, 0.15) is 5.82 Å². The van der Waals surface area contributed by atoms with Gasteiger partial charge in [-0.2, -0.15) is 0 Å². The second-order valence-electron chi connectivity index (χ2n) is 5.13. The van der Waals surface area contributed by atoms with E-state index in [0.717, 1.165) is 11.3 Å². The van der Waals surface area contributed by atoms with Crippen LogP contribution in [0, 0.1) is 5.82 Å². The summed E-state index contributed by atoms with van der Waals surface area (Å²) in [5, 5.41) is 0. The van der Waals surface area contributed by atoms with Crippen molar-refractivity contribution < 1.29 is 9.18 Å². The lowest BCUT2D eigenvalue weighted by molar-refractivity contribution is -0.118. The van der Waals surface area contributed by atoms with Crippen LogP contribution in [0.15, 0.2) is 54.6 Å². The SMILES string of the molecule is CCN(C(=O)CC(C)c1ccccc1)c1ccc(F)cc1. The molecule has 0 spiro atoms. The quantitative estimate of drug-likeness (QED) is 0.798. The minimum absolute atomic E-state index is 0.0560. The number of hydrogen-bond acceptors (Lipinski definition) is 1. The Kier molecular flexibility index (Phi) is 5.09. The lowest BCUT2D eigenvalue weighted by Crippen LogP contribution is -2.31. The van der Waals surface area contributed by atoms with Crippen LogP contribution in [0.5, 0.6) is 0 Å². The van der Waals surface area contributed by atoms with Crippen molar-refractivity contribution in [2.45, 2.75) is 26.2 Å². The highest BCUT2D eigenvalue weighted by Crippen LogP contribution is 2.22. The van der Waals surface area contributed by atoms with Crippen molar-refractivity contribution in [1.29, 1.82) is 0 Å². The van der Waals surface area contributed by atoms with E-state index in [1.807, 2.05) is 44.2 Å². The molecular weight excluding hydrogens is 265 g/mol. The van der Waals surface area contributed by atoms with Gasteiger partial charge in [-0.15, -0.1) is 0 Å². The molecule has 0 fully saturated rings. The largest absolute Gasteiger partial charge is 0.313 e. The molecular formula is C18H20FNO. The Morgan fingerprint density at radius 3 is 2.29 bits per heavy atom. The first-order valence-corrected chi connectivity index (χ1v) is 7.22. The lowest BCUT2D eigenvalue weighted by atomic mass is 9.97. The average Bonchev–Trinajstić information content (AvgIpc) is 2.50. The third-order valence-electron chi connectivity index (χ3n) is 3.60. The number of nitrogens with zero attached hydrogens (tertiary/aromatic N) is 1. The van der Waals surface area contributed by atoms with E-state index >= 15 is 0 Å². The zero-order chi connectivity index (χ0) is 15.2. The molecule has 0 bridgehead atoms. The van der Waals surface area contributed by atoms with Gasteiger partial charge in [0.05, 0.1) is 0 Å². The molecule has 0 aliphatic carbocycles. The van der Waals surface area contributed by atoms with E-state index < -0.39 is 0 Å². The Balaban J connectivity index is 2.08. The van der Waals surface area contributed by atoms with Crippen molar-refractivity contribution in [1.82, 2.24) is 0 Å². The highest BCUT2D eigenvalue weighted by atomic mass is 19.1. The van der Waals surface area contributed by atoms with E-state index in [9.17, 15) is 9.18 Å². The van der Waals surface area contributed by atoms with Crippen LogP contribution in [-0.4, -0.2) is 12.5 Å². The Morgan fingerprint density at radius 2 is 1.71 bits per heavy atom. The number of benzene rings is 2. The lowest BCUT2D eigenvalue weighted by Gasteiger charge is -2.23. The molecule has 1 amide bonds. The van der Waals surface area contributed by atoms with Crippen LogP contribution in [-0.2, 0) is 4.79 Å². The number of carbonyl (C=O) groups is 1. The zero-order valence-corrected chi connectivity index (χ0v) is 12.4. The molecule has 1 atom stereocenters. The molecule has 2 rings (SSSR count). The molecule has 0 heterocycles. The summed E-state index contributed by atoms with van der Waals surface area (Å²) in [6.07, 6.45) is 0.440. The van der Waals surface area contributed by atoms with E-state index in [1.54, 1.807) is 17.0 Å². The molecule has 1 unspecified atom stereocenters. The zero-order valence-electron chi connectivity index (χ0n) is 12.4. The minimum atomic E-state index is -0.292. The summed E-state index contributed by atoms with van der Waals surface area (Å²) in [4.78, 5) is 14.2. The van der Waals surface area contributed by atoms with Gasteiger partial charge in [0, 0.05) is 18.7 Å². The first kappa shape index (κ1) is 15.2. The summed E-state index contributed by atoms with van der Waals surface area (Å²) in [7, 11) is 0.